The molecule has 2 rings (SSSR count). The number of nitrogens with two attached hydrogens (primary N) is 1. The van der Waals surface area contributed by atoms with Crippen LogP contribution in [0.5, 0.6) is 0 Å². The SMILES string of the molecule is CC(C)(C)C(N)C1CCOC2(CCCC2)C1. The summed E-state index contributed by atoms with van der Waals surface area (Å²) >= 11 is 0. The van der Waals surface area contributed by atoms with Gasteiger partial charge in [-0.3, -0.25) is 0 Å². The molecule has 0 radical (unpaired) electrons. The monoisotopic (exact) mass is 225 g/mol. The first-order valence-electron chi connectivity index (χ1n) is 6.83. The van der Waals surface area contributed by atoms with Crippen LogP contribution >= 0.6 is 0 Å². The molecule has 2 heteroatoms. The van der Waals surface area contributed by atoms with Gasteiger partial charge in [-0.1, -0.05) is 33.6 Å². The molecule has 2 fully saturated rings. The highest BCUT2D eigenvalue weighted by atomic mass is 16.5. The van der Waals surface area contributed by atoms with E-state index in [-0.39, 0.29) is 11.0 Å². The zero-order chi connectivity index (χ0) is 11.8. The van der Waals surface area contributed by atoms with Crippen LogP contribution < -0.4 is 5.73 Å². The van der Waals surface area contributed by atoms with Gasteiger partial charge in [0.2, 0.25) is 0 Å². The molecule has 16 heavy (non-hydrogen) atoms. The second-order valence-electron chi connectivity index (χ2n) is 6.88. The Morgan fingerprint density at radius 2 is 1.88 bits per heavy atom. The standard InChI is InChI=1S/C14H27NO/c1-13(2,3)12(15)11-6-9-16-14(10-11)7-4-5-8-14/h11-12H,4-10,15H2,1-3H3. The van der Waals surface area contributed by atoms with Gasteiger partial charge >= 0.3 is 0 Å². The molecule has 1 saturated carbocycles. The van der Waals surface area contributed by atoms with Crippen LogP contribution in [0.3, 0.4) is 0 Å². The molecular weight excluding hydrogens is 198 g/mol. The molecule has 0 amide bonds. The molecule has 2 N–H and O–H groups in total. The van der Waals surface area contributed by atoms with Crippen LogP contribution in [-0.4, -0.2) is 18.2 Å². The highest BCUT2D eigenvalue weighted by molar-refractivity contribution is 4.96. The van der Waals surface area contributed by atoms with Gasteiger partial charge in [-0.15, -0.1) is 0 Å². The third kappa shape index (κ3) is 2.43. The minimum absolute atomic E-state index is 0.214. The first-order valence-corrected chi connectivity index (χ1v) is 6.83. The maximum Gasteiger partial charge on any atom is 0.0685 e. The Kier molecular flexibility index (Phi) is 3.33. The summed E-state index contributed by atoms with van der Waals surface area (Å²) in [5.41, 5.74) is 6.86. The number of hydrogen-bond acceptors (Lipinski definition) is 2. The summed E-state index contributed by atoms with van der Waals surface area (Å²) in [4.78, 5) is 0. The Bertz CT molecular complexity index is 238. The predicted molar refractivity (Wildman–Crippen MR) is 67.3 cm³/mol. The second kappa shape index (κ2) is 4.30. The van der Waals surface area contributed by atoms with E-state index in [9.17, 15) is 0 Å². The molecule has 2 aliphatic rings. The Hall–Kier alpha value is -0.0800. The van der Waals surface area contributed by atoms with Gasteiger partial charge in [0.05, 0.1) is 5.60 Å². The third-order valence-electron chi connectivity index (χ3n) is 4.55. The molecule has 2 atom stereocenters. The zero-order valence-electron chi connectivity index (χ0n) is 11.1. The van der Waals surface area contributed by atoms with Crippen LogP contribution in [-0.2, 0) is 4.74 Å². The zero-order valence-corrected chi connectivity index (χ0v) is 11.1. The maximum atomic E-state index is 6.42. The van der Waals surface area contributed by atoms with Crippen molar-refractivity contribution in [2.75, 3.05) is 6.61 Å². The largest absolute Gasteiger partial charge is 0.375 e. The van der Waals surface area contributed by atoms with E-state index in [2.05, 4.69) is 20.8 Å². The molecule has 0 bridgehead atoms. The highest BCUT2D eigenvalue weighted by Crippen LogP contribution is 2.44. The smallest absolute Gasteiger partial charge is 0.0685 e. The van der Waals surface area contributed by atoms with E-state index in [1.807, 2.05) is 0 Å². The lowest BCUT2D eigenvalue weighted by Gasteiger charge is -2.43. The molecule has 1 aliphatic carbocycles. The molecule has 1 spiro atoms. The quantitative estimate of drug-likeness (QED) is 0.744. The van der Waals surface area contributed by atoms with Crippen molar-refractivity contribution in [2.45, 2.75) is 70.9 Å². The first kappa shape index (κ1) is 12.4. The van der Waals surface area contributed by atoms with Crippen molar-refractivity contribution in [3.05, 3.63) is 0 Å². The average molecular weight is 225 g/mol. The van der Waals surface area contributed by atoms with E-state index in [1.165, 1.54) is 32.1 Å². The van der Waals surface area contributed by atoms with Gasteiger partial charge in [0.25, 0.3) is 0 Å². The molecule has 1 heterocycles. The molecule has 94 valence electrons. The molecule has 2 nitrogen and oxygen atoms in total. The van der Waals surface area contributed by atoms with Crippen molar-refractivity contribution in [2.24, 2.45) is 17.1 Å². The van der Waals surface area contributed by atoms with E-state index in [4.69, 9.17) is 10.5 Å². The Balaban J connectivity index is 2.01. The maximum absolute atomic E-state index is 6.42. The summed E-state index contributed by atoms with van der Waals surface area (Å²) < 4.78 is 6.06. The van der Waals surface area contributed by atoms with E-state index >= 15 is 0 Å². The molecule has 0 aromatic rings. The van der Waals surface area contributed by atoms with Gasteiger partial charge in [0, 0.05) is 12.6 Å². The van der Waals surface area contributed by atoms with Gasteiger partial charge in [-0.25, -0.2) is 0 Å². The Morgan fingerprint density at radius 1 is 1.25 bits per heavy atom. The third-order valence-corrected chi connectivity index (χ3v) is 4.55. The lowest BCUT2D eigenvalue weighted by Crippen LogP contribution is -2.48. The van der Waals surface area contributed by atoms with E-state index in [0.717, 1.165) is 13.0 Å². The lowest BCUT2D eigenvalue weighted by molar-refractivity contribution is -0.101. The number of ether oxygens (including phenoxy) is 1. The summed E-state index contributed by atoms with van der Waals surface area (Å²) in [7, 11) is 0. The highest BCUT2D eigenvalue weighted by Gasteiger charge is 2.43. The minimum atomic E-state index is 0.214. The molecule has 0 aromatic carbocycles. The van der Waals surface area contributed by atoms with Gasteiger partial charge < -0.3 is 10.5 Å². The minimum Gasteiger partial charge on any atom is -0.375 e. The van der Waals surface area contributed by atoms with E-state index < -0.39 is 0 Å². The molecule has 1 saturated heterocycles. The van der Waals surface area contributed by atoms with Crippen molar-refractivity contribution in [1.82, 2.24) is 0 Å². The molecule has 0 aromatic heterocycles. The fourth-order valence-corrected chi connectivity index (χ4v) is 3.45. The normalized spacial score (nSPS) is 31.9. The van der Waals surface area contributed by atoms with Crippen LogP contribution in [0.1, 0.15) is 59.3 Å². The molecular formula is C14H27NO. The van der Waals surface area contributed by atoms with Gasteiger partial charge in [0.15, 0.2) is 0 Å². The molecule has 1 aliphatic heterocycles. The number of hydrogen-bond donors (Lipinski definition) is 1. The van der Waals surface area contributed by atoms with Crippen molar-refractivity contribution >= 4 is 0 Å². The van der Waals surface area contributed by atoms with Crippen molar-refractivity contribution in [3.63, 3.8) is 0 Å². The summed E-state index contributed by atoms with van der Waals surface area (Å²) in [6.45, 7) is 7.70. The van der Waals surface area contributed by atoms with Crippen LogP contribution in [0.25, 0.3) is 0 Å². The van der Waals surface area contributed by atoms with Crippen molar-refractivity contribution in [3.8, 4) is 0 Å². The summed E-state index contributed by atoms with van der Waals surface area (Å²) in [6, 6.07) is 0.314. The number of rotatable bonds is 1. The summed E-state index contributed by atoms with van der Waals surface area (Å²) in [5, 5.41) is 0. The average Bonchev–Trinajstić information content (AvgIpc) is 2.64. The second-order valence-corrected chi connectivity index (χ2v) is 6.88. The van der Waals surface area contributed by atoms with Crippen LogP contribution in [0.2, 0.25) is 0 Å². The topological polar surface area (TPSA) is 35.2 Å². The van der Waals surface area contributed by atoms with E-state index in [0.29, 0.717) is 12.0 Å². The Labute approximate surface area is 99.9 Å². The van der Waals surface area contributed by atoms with Crippen LogP contribution in [0.15, 0.2) is 0 Å². The van der Waals surface area contributed by atoms with Gasteiger partial charge in [-0.05, 0) is 37.0 Å². The fraction of sp³-hybridized carbons (Fsp3) is 1.00. The molecule has 2 unspecified atom stereocenters. The predicted octanol–water partition coefficient (Wildman–Crippen LogP) is 3.10. The summed E-state index contributed by atoms with van der Waals surface area (Å²) in [5.74, 6) is 0.659. The summed E-state index contributed by atoms with van der Waals surface area (Å²) in [6.07, 6.45) is 7.57. The fourth-order valence-electron chi connectivity index (χ4n) is 3.45. The van der Waals surface area contributed by atoms with Crippen LogP contribution in [0.4, 0.5) is 0 Å². The van der Waals surface area contributed by atoms with Gasteiger partial charge in [0.1, 0.15) is 0 Å². The van der Waals surface area contributed by atoms with Crippen molar-refractivity contribution < 1.29 is 4.74 Å². The van der Waals surface area contributed by atoms with E-state index in [1.54, 1.807) is 0 Å². The first-order chi connectivity index (χ1) is 7.43. The van der Waals surface area contributed by atoms with Crippen molar-refractivity contribution in [1.29, 1.82) is 0 Å². The Morgan fingerprint density at radius 3 is 2.44 bits per heavy atom. The lowest BCUT2D eigenvalue weighted by atomic mass is 9.72. The van der Waals surface area contributed by atoms with Gasteiger partial charge in [-0.2, -0.15) is 0 Å². The van der Waals surface area contributed by atoms with Crippen LogP contribution in [0, 0.1) is 11.3 Å².